The molecule has 3 rings (SSSR count). The van der Waals surface area contributed by atoms with Gasteiger partial charge in [0.1, 0.15) is 11.5 Å². The SMILES string of the molecule is Clc1ccc(-c2ccc(CNCc3cccs3)o2)cc1. The minimum atomic E-state index is 0.728. The van der Waals surface area contributed by atoms with E-state index in [1.165, 1.54) is 4.88 Å². The van der Waals surface area contributed by atoms with Crippen molar-refractivity contribution in [1.29, 1.82) is 0 Å². The molecule has 0 amide bonds. The molecule has 20 heavy (non-hydrogen) atoms. The van der Waals surface area contributed by atoms with Crippen LogP contribution in [-0.4, -0.2) is 0 Å². The highest BCUT2D eigenvalue weighted by Gasteiger charge is 2.04. The van der Waals surface area contributed by atoms with Gasteiger partial charge in [0.15, 0.2) is 0 Å². The van der Waals surface area contributed by atoms with E-state index >= 15 is 0 Å². The summed E-state index contributed by atoms with van der Waals surface area (Å²) in [5.74, 6) is 1.81. The third kappa shape index (κ3) is 3.31. The summed E-state index contributed by atoms with van der Waals surface area (Å²) in [6.07, 6.45) is 0. The molecular formula is C16H14ClNOS. The molecule has 0 saturated carbocycles. The van der Waals surface area contributed by atoms with Crippen molar-refractivity contribution >= 4 is 22.9 Å². The van der Waals surface area contributed by atoms with Gasteiger partial charge in [-0.25, -0.2) is 0 Å². The molecule has 0 aliphatic rings. The second-order valence-electron chi connectivity index (χ2n) is 4.46. The topological polar surface area (TPSA) is 25.2 Å². The van der Waals surface area contributed by atoms with Crippen molar-refractivity contribution in [3.63, 3.8) is 0 Å². The average Bonchev–Trinajstić information content (AvgIpc) is 3.11. The van der Waals surface area contributed by atoms with Crippen molar-refractivity contribution in [2.75, 3.05) is 0 Å². The zero-order valence-electron chi connectivity index (χ0n) is 10.8. The third-order valence-corrected chi connectivity index (χ3v) is 4.10. The number of hydrogen-bond acceptors (Lipinski definition) is 3. The van der Waals surface area contributed by atoms with Crippen LogP contribution in [0, 0.1) is 0 Å². The summed E-state index contributed by atoms with van der Waals surface area (Å²) in [6, 6.07) is 15.8. The number of hydrogen-bond donors (Lipinski definition) is 1. The Kier molecular flexibility index (Phi) is 4.21. The standard InChI is InChI=1S/C16H14ClNOS/c17-13-5-3-12(4-6-13)16-8-7-14(19-16)10-18-11-15-2-1-9-20-15/h1-9,18H,10-11H2. The molecular weight excluding hydrogens is 290 g/mol. The predicted octanol–water partition coefficient (Wildman–Crippen LogP) is 4.95. The first-order valence-corrected chi connectivity index (χ1v) is 7.65. The van der Waals surface area contributed by atoms with Gasteiger partial charge in [0, 0.05) is 22.0 Å². The van der Waals surface area contributed by atoms with Gasteiger partial charge in [-0.3, -0.25) is 0 Å². The molecule has 0 spiro atoms. The normalized spacial score (nSPS) is 10.8. The lowest BCUT2D eigenvalue weighted by atomic mass is 10.2. The molecule has 0 saturated heterocycles. The van der Waals surface area contributed by atoms with Crippen LogP contribution in [0.3, 0.4) is 0 Å². The van der Waals surface area contributed by atoms with Crippen molar-refractivity contribution in [2.24, 2.45) is 0 Å². The van der Waals surface area contributed by atoms with E-state index in [0.29, 0.717) is 0 Å². The van der Waals surface area contributed by atoms with Crippen molar-refractivity contribution in [2.45, 2.75) is 13.1 Å². The number of rotatable bonds is 5. The van der Waals surface area contributed by atoms with E-state index in [1.807, 2.05) is 36.4 Å². The molecule has 0 unspecified atom stereocenters. The molecule has 0 aliphatic carbocycles. The van der Waals surface area contributed by atoms with E-state index in [4.69, 9.17) is 16.0 Å². The molecule has 0 aliphatic heterocycles. The first-order chi connectivity index (χ1) is 9.81. The Labute approximate surface area is 127 Å². The quantitative estimate of drug-likeness (QED) is 0.721. The van der Waals surface area contributed by atoms with E-state index in [-0.39, 0.29) is 0 Å². The highest BCUT2D eigenvalue weighted by molar-refractivity contribution is 7.09. The minimum Gasteiger partial charge on any atom is -0.460 e. The maximum Gasteiger partial charge on any atom is 0.134 e. The molecule has 2 heterocycles. The third-order valence-electron chi connectivity index (χ3n) is 2.97. The molecule has 1 aromatic carbocycles. The fraction of sp³-hybridized carbons (Fsp3) is 0.125. The second-order valence-corrected chi connectivity index (χ2v) is 5.92. The molecule has 4 heteroatoms. The number of thiophene rings is 1. The Hall–Kier alpha value is -1.55. The summed E-state index contributed by atoms with van der Waals surface area (Å²) < 4.78 is 5.83. The molecule has 102 valence electrons. The Morgan fingerprint density at radius 2 is 1.85 bits per heavy atom. The summed E-state index contributed by atoms with van der Waals surface area (Å²) in [5.41, 5.74) is 1.04. The van der Waals surface area contributed by atoms with Crippen LogP contribution in [0.2, 0.25) is 5.02 Å². The lowest BCUT2D eigenvalue weighted by molar-refractivity contribution is 0.494. The zero-order chi connectivity index (χ0) is 13.8. The number of nitrogens with one attached hydrogen (secondary N) is 1. The minimum absolute atomic E-state index is 0.728. The first kappa shape index (κ1) is 13.4. The summed E-state index contributed by atoms with van der Waals surface area (Å²) in [6.45, 7) is 1.60. The van der Waals surface area contributed by atoms with Crippen LogP contribution in [0.4, 0.5) is 0 Å². The maximum absolute atomic E-state index is 5.88. The van der Waals surface area contributed by atoms with Crippen molar-refractivity contribution < 1.29 is 4.42 Å². The van der Waals surface area contributed by atoms with Gasteiger partial charge in [0.2, 0.25) is 0 Å². The zero-order valence-corrected chi connectivity index (χ0v) is 12.4. The van der Waals surface area contributed by atoms with Gasteiger partial charge in [-0.2, -0.15) is 0 Å². The highest BCUT2D eigenvalue weighted by atomic mass is 35.5. The molecule has 0 fully saturated rings. The summed E-state index contributed by atoms with van der Waals surface area (Å²) >= 11 is 7.64. The predicted molar refractivity (Wildman–Crippen MR) is 84.0 cm³/mol. The average molecular weight is 304 g/mol. The van der Waals surface area contributed by atoms with Crippen LogP contribution >= 0.6 is 22.9 Å². The van der Waals surface area contributed by atoms with E-state index in [1.54, 1.807) is 11.3 Å². The van der Waals surface area contributed by atoms with Gasteiger partial charge in [-0.1, -0.05) is 17.7 Å². The maximum atomic E-state index is 5.88. The molecule has 3 aromatic rings. The molecule has 2 aromatic heterocycles. The van der Waals surface area contributed by atoms with Gasteiger partial charge < -0.3 is 9.73 Å². The van der Waals surface area contributed by atoms with Crippen LogP contribution in [0.25, 0.3) is 11.3 Å². The largest absolute Gasteiger partial charge is 0.460 e. The van der Waals surface area contributed by atoms with Gasteiger partial charge in [0.25, 0.3) is 0 Å². The van der Waals surface area contributed by atoms with E-state index < -0.39 is 0 Å². The molecule has 2 nitrogen and oxygen atoms in total. The van der Waals surface area contributed by atoms with Gasteiger partial charge in [-0.15, -0.1) is 11.3 Å². The van der Waals surface area contributed by atoms with Crippen molar-refractivity contribution in [3.05, 3.63) is 69.6 Å². The van der Waals surface area contributed by atoms with Gasteiger partial charge in [0.05, 0.1) is 6.54 Å². The van der Waals surface area contributed by atoms with Crippen LogP contribution in [0.5, 0.6) is 0 Å². The lowest BCUT2D eigenvalue weighted by Gasteiger charge is -2.00. The Bertz CT molecular complexity index is 658. The lowest BCUT2D eigenvalue weighted by Crippen LogP contribution is -2.10. The van der Waals surface area contributed by atoms with Crippen LogP contribution in [-0.2, 0) is 13.1 Å². The van der Waals surface area contributed by atoms with Crippen LogP contribution in [0.15, 0.2) is 58.3 Å². The fourth-order valence-corrected chi connectivity index (χ4v) is 2.76. The monoisotopic (exact) mass is 303 g/mol. The molecule has 0 bridgehead atoms. The number of benzene rings is 1. The smallest absolute Gasteiger partial charge is 0.134 e. The Morgan fingerprint density at radius 3 is 2.60 bits per heavy atom. The van der Waals surface area contributed by atoms with E-state index in [0.717, 1.165) is 35.2 Å². The fourth-order valence-electron chi connectivity index (χ4n) is 1.96. The molecule has 0 atom stereocenters. The molecule has 0 radical (unpaired) electrons. The van der Waals surface area contributed by atoms with Crippen LogP contribution < -0.4 is 5.32 Å². The summed E-state index contributed by atoms with van der Waals surface area (Å²) in [4.78, 5) is 1.33. The summed E-state index contributed by atoms with van der Waals surface area (Å²) in [5, 5.41) is 6.19. The molecule has 1 N–H and O–H groups in total. The van der Waals surface area contributed by atoms with Crippen LogP contribution in [0.1, 0.15) is 10.6 Å². The van der Waals surface area contributed by atoms with E-state index in [2.05, 4.69) is 22.8 Å². The van der Waals surface area contributed by atoms with Gasteiger partial charge in [-0.05, 0) is 47.8 Å². The van der Waals surface area contributed by atoms with E-state index in [9.17, 15) is 0 Å². The van der Waals surface area contributed by atoms with Crippen molar-refractivity contribution in [3.8, 4) is 11.3 Å². The highest BCUT2D eigenvalue weighted by Crippen LogP contribution is 2.23. The number of furan rings is 1. The summed E-state index contributed by atoms with van der Waals surface area (Å²) in [7, 11) is 0. The number of halogens is 1. The Morgan fingerprint density at radius 1 is 1.00 bits per heavy atom. The second kappa shape index (κ2) is 6.27. The van der Waals surface area contributed by atoms with Gasteiger partial charge >= 0.3 is 0 Å². The van der Waals surface area contributed by atoms with Crippen molar-refractivity contribution in [1.82, 2.24) is 5.32 Å². The first-order valence-electron chi connectivity index (χ1n) is 6.39. The Balaban J connectivity index is 1.60.